The van der Waals surface area contributed by atoms with Crippen LogP contribution in [0.15, 0.2) is 23.6 Å². The second-order valence-corrected chi connectivity index (χ2v) is 7.54. The van der Waals surface area contributed by atoms with Crippen molar-refractivity contribution in [2.24, 2.45) is 11.8 Å². The van der Waals surface area contributed by atoms with Crippen molar-refractivity contribution >= 4 is 28.3 Å². The minimum absolute atomic E-state index is 0.228. The summed E-state index contributed by atoms with van der Waals surface area (Å²) in [6, 6.07) is 6.18. The number of anilines is 1. The van der Waals surface area contributed by atoms with Gasteiger partial charge in [-0.3, -0.25) is 9.59 Å². The predicted octanol–water partition coefficient (Wildman–Crippen LogP) is 4.26. The molecule has 3 rings (SSSR count). The van der Waals surface area contributed by atoms with Crippen LogP contribution >= 0.6 is 11.3 Å². The lowest BCUT2D eigenvalue weighted by Gasteiger charge is -2.26. The van der Waals surface area contributed by atoms with Gasteiger partial charge in [-0.15, -0.1) is 11.3 Å². The number of carboxylic acid groups (broad SMARTS) is 1. The number of hydrogen-bond donors (Lipinski definition) is 2. The van der Waals surface area contributed by atoms with Gasteiger partial charge in [0.15, 0.2) is 5.13 Å². The maximum Gasteiger partial charge on any atom is 0.307 e. The van der Waals surface area contributed by atoms with Gasteiger partial charge in [0.2, 0.25) is 5.91 Å². The van der Waals surface area contributed by atoms with Crippen molar-refractivity contribution in [1.82, 2.24) is 4.98 Å². The Bertz CT molecular complexity index is 800. The maximum absolute atomic E-state index is 12.5. The van der Waals surface area contributed by atoms with Gasteiger partial charge in [0.1, 0.15) is 0 Å². The van der Waals surface area contributed by atoms with Gasteiger partial charge in [-0.2, -0.15) is 0 Å². The number of nitrogens with one attached hydrogen (secondary N) is 1. The molecule has 0 aliphatic heterocycles. The summed E-state index contributed by atoms with van der Waals surface area (Å²) < 4.78 is 0. The monoisotopic (exact) mass is 358 g/mol. The van der Waals surface area contributed by atoms with Crippen LogP contribution in [0.5, 0.6) is 0 Å². The molecule has 1 aromatic heterocycles. The zero-order valence-electron chi connectivity index (χ0n) is 14.4. The average molecular weight is 358 g/mol. The molecule has 0 unspecified atom stereocenters. The standard InChI is InChI=1S/C19H22N2O3S/c1-11-7-8-13(12(2)9-11)16-10-25-19(20-16)21-17(22)14-5-3-4-6-15(14)18(23)24/h7-10,14-15H,3-6H2,1-2H3,(H,23,24)(H,20,21,22)/t14-,15+/m1/s1. The van der Waals surface area contributed by atoms with Crippen molar-refractivity contribution in [1.29, 1.82) is 0 Å². The number of aliphatic carboxylic acids is 1. The highest BCUT2D eigenvalue weighted by molar-refractivity contribution is 7.14. The van der Waals surface area contributed by atoms with Crippen LogP contribution in [-0.2, 0) is 9.59 Å². The molecule has 0 bridgehead atoms. The van der Waals surface area contributed by atoms with Crippen LogP contribution in [0, 0.1) is 25.7 Å². The number of hydrogen-bond acceptors (Lipinski definition) is 4. The van der Waals surface area contributed by atoms with Gasteiger partial charge in [0, 0.05) is 10.9 Å². The zero-order chi connectivity index (χ0) is 18.0. The van der Waals surface area contributed by atoms with E-state index in [9.17, 15) is 14.7 Å². The van der Waals surface area contributed by atoms with Crippen molar-refractivity contribution in [3.63, 3.8) is 0 Å². The fraction of sp³-hybridized carbons (Fsp3) is 0.421. The molecule has 5 nitrogen and oxygen atoms in total. The van der Waals surface area contributed by atoms with Crippen molar-refractivity contribution in [3.8, 4) is 11.3 Å². The van der Waals surface area contributed by atoms with Gasteiger partial charge in [-0.25, -0.2) is 4.98 Å². The lowest BCUT2D eigenvalue weighted by atomic mass is 9.79. The third-order valence-electron chi connectivity index (χ3n) is 4.81. The summed E-state index contributed by atoms with van der Waals surface area (Å²) in [4.78, 5) is 28.4. The van der Waals surface area contributed by atoms with E-state index < -0.39 is 17.8 Å². The van der Waals surface area contributed by atoms with Crippen LogP contribution in [0.1, 0.15) is 36.8 Å². The van der Waals surface area contributed by atoms with E-state index in [0.29, 0.717) is 18.0 Å². The van der Waals surface area contributed by atoms with E-state index in [0.717, 1.165) is 29.7 Å². The van der Waals surface area contributed by atoms with Gasteiger partial charge in [-0.05, 0) is 32.3 Å². The van der Waals surface area contributed by atoms with E-state index in [2.05, 4.69) is 16.4 Å². The number of aryl methyl sites for hydroxylation is 2. The molecule has 25 heavy (non-hydrogen) atoms. The number of thiazole rings is 1. The molecule has 1 aromatic carbocycles. The Morgan fingerprint density at radius 1 is 1.20 bits per heavy atom. The number of benzene rings is 1. The molecule has 0 radical (unpaired) electrons. The Morgan fingerprint density at radius 2 is 1.92 bits per heavy atom. The summed E-state index contributed by atoms with van der Waals surface area (Å²) in [5.41, 5.74) is 4.21. The molecule has 1 fully saturated rings. The van der Waals surface area contributed by atoms with E-state index in [1.807, 2.05) is 31.4 Å². The summed E-state index contributed by atoms with van der Waals surface area (Å²) in [5, 5.41) is 14.6. The number of rotatable bonds is 4. The van der Waals surface area contributed by atoms with E-state index in [-0.39, 0.29) is 5.91 Å². The van der Waals surface area contributed by atoms with Gasteiger partial charge in [0.05, 0.1) is 17.5 Å². The van der Waals surface area contributed by atoms with E-state index in [4.69, 9.17) is 0 Å². The summed E-state index contributed by atoms with van der Waals surface area (Å²) >= 11 is 1.37. The molecule has 6 heteroatoms. The van der Waals surface area contributed by atoms with Crippen LogP contribution in [0.2, 0.25) is 0 Å². The molecule has 1 amide bonds. The maximum atomic E-state index is 12.5. The van der Waals surface area contributed by atoms with Gasteiger partial charge >= 0.3 is 5.97 Å². The molecule has 2 N–H and O–H groups in total. The topological polar surface area (TPSA) is 79.3 Å². The van der Waals surface area contributed by atoms with Crippen molar-refractivity contribution in [3.05, 3.63) is 34.7 Å². The molecule has 0 spiro atoms. The number of carboxylic acids is 1. The van der Waals surface area contributed by atoms with Gasteiger partial charge < -0.3 is 10.4 Å². The quantitative estimate of drug-likeness (QED) is 0.856. The van der Waals surface area contributed by atoms with Crippen LogP contribution in [0.3, 0.4) is 0 Å². The lowest BCUT2D eigenvalue weighted by molar-refractivity contribution is -0.147. The number of nitrogens with zero attached hydrogens (tertiary/aromatic N) is 1. The Labute approximate surface area is 151 Å². The fourth-order valence-electron chi connectivity index (χ4n) is 3.49. The number of aromatic nitrogens is 1. The molecular weight excluding hydrogens is 336 g/mol. The summed E-state index contributed by atoms with van der Waals surface area (Å²) in [6.07, 6.45) is 2.96. The lowest BCUT2D eigenvalue weighted by Crippen LogP contribution is -2.36. The molecule has 132 valence electrons. The second kappa shape index (κ2) is 7.35. The Balaban J connectivity index is 1.74. The summed E-state index contributed by atoms with van der Waals surface area (Å²) in [7, 11) is 0. The fourth-order valence-corrected chi connectivity index (χ4v) is 4.21. The average Bonchev–Trinajstić information content (AvgIpc) is 3.02. The molecule has 2 atom stereocenters. The summed E-state index contributed by atoms with van der Waals surface area (Å²) in [6.45, 7) is 4.09. The smallest absolute Gasteiger partial charge is 0.307 e. The third-order valence-corrected chi connectivity index (χ3v) is 5.57. The highest BCUT2D eigenvalue weighted by Crippen LogP contribution is 2.33. The molecule has 2 aromatic rings. The van der Waals surface area contributed by atoms with Gasteiger partial charge in [-0.1, -0.05) is 36.6 Å². The number of amides is 1. The molecule has 1 heterocycles. The van der Waals surface area contributed by atoms with E-state index in [1.54, 1.807) is 0 Å². The van der Waals surface area contributed by atoms with E-state index >= 15 is 0 Å². The minimum atomic E-state index is -0.880. The molecule has 1 aliphatic carbocycles. The van der Waals surface area contributed by atoms with Crippen molar-refractivity contribution in [2.75, 3.05) is 5.32 Å². The predicted molar refractivity (Wildman–Crippen MR) is 98.7 cm³/mol. The Hall–Kier alpha value is -2.21. The van der Waals surface area contributed by atoms with Crippen LogP contribution in [-0.4, -0.2) is 22.0 Å². The first kappa shape index (κ1) is 17.6. The van der Waals surface area contributed by atoms with Crippen LogP contribution in [0.25, 0.3) is 11.3 Å². The molecule has 1 aliphatic rings. The normalized spacial score (nSPS) is 20.2. The van der Waals surface area contributed by atoms with Crippen LogP contribution < -0.4 is 5.32 Å². The molecule has 0 saturated heterocycles. The Morgan fingerprint density at radius 3 is 2.60 bits per heavy atom. The number of carbonyl (C=O) groups excluding carboxylic acids is 1. The first-order chi connectivity index (χ1) is 12.0. The van der Waals surface area contributed by atoms with Crippen molar-refractivity contribution < 1.29 is 14.7 Å². The zero-order valence-corrected chi connectivity index (χ0v) is 15.2. The molecular formula is C19H22N2O3S. The molecule has 1 saturated carbocycles. The highest BCUT2D eigenvalue weighted by atomic mass is 32.1. The summed E-state index contributed by atoms with van der Waals surface area (Å²) in [5.74, 6) is -2.17. The third kappa shape index (κ3) is 3.90. The first-order valence-electron chi connectivity index (χ1n) is 8.52. The minimum Gasteiger partial charge on any atom is -0.481 e. The van der Waals surface area contributed by atoms with E-state index in [1.165, 1.54) is 16.9 Å². The Kier molecular flexibility index (Phi) is 5.18. The largest absolute Gasteiger partial charge is 0.481 e. The van der Waals surface area contributed by atoms with Gasteiger partial charge in [0.25, 0.3) is 0 Å². The first-order valence-corrected chi connectivity index (χ1v) is 9.40. The number of carbonyl (C=O) groups is 2. The van der Waals surface area contributed by atoms with Crippen molar-refractivity contribution in [2.45, 2.75) is 39.5 Å². The van der Waals surface area contributed by atoms with Crippen LogP contribution in [0.4, 0.5) is 5.13 Å². The highest BCUT2D eigenvalue weighted by Gasteiger charge is 2.35. The SMILES string of the molecule is Cc1ccc(-c2csc(NC(=O)[C@@H]3CCCC[C@@H]3C(=O)O)n2)c(C)c1. The second-order valence-electron chi connectivity index (χ2n) is 6.68.